The zero-order valence-corrected chi connectivity index (χ0v) is 8.22. The smallest absolute Gasteiger partial charge is 0.123 e. The van der Waals surface area contributed by atoms with Crippen molar-refractivity contribution in [1.29, 1.82) is 0 Å². The van der Waals surface area contributed by atoms with Gasteiger partial charge in [-0.15, -0.1) is 0 Å². The Kier molecular flexibility index (Phi) is 1.76. The normalized spacial score (nSPS) is 19.4. The summed E-state index contributed by atoms with van der Waals surface area (Å²) in [5, 5.41) is 0. The molecule has 0 spiro atoms. The van der Waals surface area contributed by atoms with E-state index in [0.29, 0.717) is 0 Å². The topological polar surface area (TPSA) is 3.24 Å². The number of aryl methyl sites for hydroxylation is 2. The second-order valence-corrected chi connectivity index (χ2v) is 4.27. The predicted molar refractivity (Wildman–Crippen MR) is 55.3 cm³/mol. The third kappa shape index (κ3) is 1.13. The molecule has 0 N–H and O–H groups in total. The Hall–Kier alpha value is -1.05. The molecule has 0 saturated carbocycles. The largest absolute Gasteiger partial charge is 0.371 e. The summed E-state index contributed by atoms with van der Waals surface area (Å²) in [5.41, 5.74) is 3.81. The molecule has 74 valence electrons. The average molecular weight is 191 g/mol. The van der Waals surface area contributed by atoms with Crippen LogP contribution in [0.3, 0.4) is 0 Å². The maximum absolute atomic E-state index is 13.3. The molecule has 2 heterocycles. The van der Waals surface area contributed by atoms with E-state index in [2.05, 4.69) is 4.90 Å². The molecule has 1 aromatic carbocycles. The van der Waals surface area contributed by atoms with Gasteiger partial charge in [0, 0.05) is 18.8 Å². The Morgan fingerprint density at radius 3 is 2.14 bits per heavy atom. The Morgan fingerprint density at radius 2 is 1.57 bits per heavy atom. The lowest BCUT2D eigenvalue weighted by molar-refractivity contribution is 0.596. The fourth-order valence-electron chi connectivity index (χ4n) is 2.76. The Balaban J connectivity index is 2.20. The van der Waals surface area contributed by atoms with Crippen LogP contribution in [-0.4, -0.2) is 13.1 Å². The highest BCUT2D eigenvalue weighted by molar-refractivity contribution is 5.62. The van der Waals surface area contributed by atoms with Gasteiger partial charge in [-0.05, 0) is 48.9 Å². The van der Waals surface area contributed by atoms with Crippen molar-refractivity contribution < 1.29 is 4.39 Å². The SMILES string of the molecule is Fc1cc2c3c(c1)CCCN3CCC2. The van der Waals surface area contributed by atoms with Crippen molar-refractivity contribution in [3.63, 3.8) is 0 Å². The Bertz CT molecular complexity index is 342. The lowest BCUT2D eigenvalue weighted by Gasteiger charge is -2.36. The summed E-state index contributed by atoms with van der Waals surface area (Å²) >= 11 is 0. The van der Waals surface area contributed by atoms with E-state index in [1.807, 2.05) is 0 Å². The minimum absolute atomic E-state index is 0.0532. The molecule has 0 unspecified atom stereocenters. The standard InChI is InChI=1S/C12H14FN/c13-11-7-9-3-1-5-14-6-2-4-10(8-11)12(9)14/h7-8H,1-6H2. The Labute approximate surface area is 83.5 Å². The van der Waals surface area contributed by atoms with E-state index in [1.165, 1.54) is 29.7 Å². The average Bonchev–Trinajstić information content (AvgIpc) is 2.18. The van der Waals surface area contributed by atoms with E-state index in [1.54, 1.807) is 12.1 Å². The number of anilines is 1. The van der Waals surface area contributed by atoms with Crippen molar-refractivity contribution >= 4 is 5.69 Å². The van der Waals surface area contributed by atoms with Gasteiger partial charge < -0.3 is 4.90 Å². The molecule has 0 fully saturated rings. The third-order valence-corrected chi connectivity index (χ3v) is 3.30. The Morgan fingerprint density at radius 1 is 1.00 bits per heavy atom. The maximum Gasteiger partial charge on any atom is 0.123 e. The summed E-state index contributed by atoms with van der Waals surface area (Å²) in [6.07, 6.45) is 4.46. The zero-order chi connectivity index (χ0) is 9.54. The van der Waals surface area contributed by atoms with Gasteiger partial charge in [-0.1, -0.05) is 0 Å². The van der Waals surface area contributed by atoms with Gasteiger partial charge in [-0.25, -0.2) is 4.39 Å². The molecule has 1 aromatic rings. The van der Waals surface area contributed by atoms with Crippen molar-refractivity contribution in [2.45, 2.75) is 25.7 Å². The number of halogens is 1. The number of benzene rings is 1. The summed E-state index contributed by atoms with van der Waals surface area (Å²) in [6, 6.07) is 3.44. The van der Waals surface area contributed by atoms with Crippen LogP contribution in [0.2, 0.25) is 0 Å². The van der Waals surface area contributed by atoms with Crippen LogP contribution in [0.25, 0.3) is 0 Å². The summed E-state index contributed by atoms with van der Waals surface area (Å²) in [6.45, 7) is 2.32. The molecule has 0 amide bonds. The van der Waals surface area contributed by atoms with Gasteiger partial charge in [-0.2, -0.15) is 0 Å². The lowest BCUT2D eigenvalue weighted by Crippen LogP contribution is -2.34. The molecular formula is C12H14FN. The fraction of sp³-hybridized carbons (Fsp3) is 0.500. The van der Waals surface area contributed by atoms with Crippen LogP contribution in [0.15, 0.2) is 12.1 Å². The first kappa shape index (κ1) is 8.27. The van der Waals surface area contributed by atoms with Gasteiger partial charge in [0.2, 0.25) is 0 Å². The maximum atomic E-state index is 13.3. The predicted octanol–water partition coefficient (Wildman–Crippen LogP) is 2.52. The van der Waals surface area contributed by atoms with Gasteiger partial charge in [0.15, 0.2) is 0 Å². The van der Waals surface area contributed by atoms with Crippen molar-refractivity contribution in [1.82, 2.24) is 0 Å². The van der Waals surface area contributed by atoms with Gasteiger partial charge in [0.25, 0.3) is 0 Å². The van der Waals surface area contributed by atoms with Crippen molar-refractivity contribution in [2.24, 2.45) is 0 Å². The van der Waals surface area contributed by atoms with Gasteiger partial charge in [0.05, 0.1) is 0 Å². The van der Waals surface area contributed by atoms with Gasteiger partial charge >= 0.3 is 0 Å². The van der Waals surface area contributed by atoms with E-state index < -0.39 is 0 Å². The number of rotatable bonds is 0. The van der Waals surface area contributed by atoms with E-state index >= 15 is 0 Å². The summed E-state index contributed by atoms with van der Waals surface area (Å²) in [7, 11) is 0. The zero-order valence-electron chi connectivity index (χ0n) is 8.22. The monoisotopic (exact) mass is 191 g/mol. The van der Waals surface area contributed by atoms with Crippen LogP contribution in [0.4, 0.5) is 10.1 Å². The molecule has 0 saturated heterocycles. The van der Waals surface area contributed by atoms with Crippen LogP contribution in [0, 0.1) is 5.82 Å². The molecular weight excluding hydrogens is 177 g/mol. The van der Waals surface area contributed by atoms with E-state index in [9.17, 15) is 4.39 Å². The second kappa shape index (κ2) is 2.97. The quantitative estimate of drug-likeness (QED) is 0.609. The third-order valence-electron chi connectivity index (χ3n) is 3.30. The first-order chi connectivity index (χ1) is 6.84. The van der Waals surface area contributed by atoms with E-state index in [4.69, 9.17) is 0 Å². The molecule has 0 aromatic heterocycles. The lowest BCUT2D eigenvalue weighted by atomic mass is 9.92. The molecule has 2 heteroatoms. The van der Waals surface area contributed by atoms with Crippen molar-refractivity contribution in [3.05, 3.63) is 29.1 Å². The first-order valence-corrected chi connectivity index (χ1v) is 5.41. The molecule has 3 rings (SSSR count). The molecule has 14 heavy (non-hydrogen) atoms. The molecule has 2 aliphatic rings. The second-order valence-electron chi connectivity index (χ2n) is 4.27. The van der Waals surface area contributed by atoms with Gasteiger partial charge in [0.1, 0.15) is 5.82 Å². The molecule has 0 atom stereocenters. The highest BCUT2D eigenvalue weighted by atomic mass is 19.1. The molecule has 1 nitrogen and oxygen atoms in total. The van der Waals surface area contributed by atoms with Crippen LogP contribution < -0.4 is 4.90 Å². The van der Waals surface area contributed by atoms with Crippen LogP contribution in [0.5, 0.6) is 0 Å². The molecule has 0 radical (unpaired) electrons. The van der Waals surface area contributed by atoms with Crippen LogP contribution in [0.1, 0.15) is 24.0 Å². The molecule has 2 aliphatic heterocycles. The molecule has 0 bridgehead atoms. The van der Waals surface area contributed by atoms with E-state index in [0.717, 1.165) is 25.9 Å². The number of hydrogen-bond donors (Lipinski definition) is 0. The minimum Gasteiger partial charge on any atom is -0.371 e. The number of hydrogen-bond acceptors (Lipinski definition) is 1. The van der Waals surface area contributed by atoms with Crippen molar-refractivity contribution in [3.8, 4) is 0 Å². The van der Waals surface area contributed by atoms with Gasteiger partial charge in [-0.3, -0.25) is 0 Å². The van der Waals surface area contributed by atoms with Crippen molar-refractivity contribution in [2.75, 3.05) is 18.0 Å². The van der Waals surface area contributed by atoms with Crippen LogP contribution >= 0.6 is 0 Å². The minimum atomic E-state index is -0.0532. The highest BCUT2D eigenvalue weighted by Crippen LogP contribution is 2.35. The number of nitrogens with zero attached hydrogens (tertiary/aromatic N) is 1. The summed E-state index contributed by atoms with van der Waals surface area (Å²) < 4.78 is 13.3. The summed E-state index contributed by atoms with van der Waals surface area (Å²) in [5.74, 6) is -0.0532. The first-order valence-electron chi connectivity index (χ1n) is 5.41. The highest BCUT2D eigenvalue weighted by Gasteiger charge is 2.23. The van der Waals surface area contributed by atoms with Crippen LogP contribution in [-0.2, 0) is 12.8 Å². The summed E-state index contributed by atoms with van der Waals surface area (Å²) in [4.78, 5) is 2.43. The molecule has 0 aliphatic carbocycles. The fourth-order valence-corrected chi connectivity index (χ4v) is 2.76. The van der Waals surface area contributed by atoms with E-state index in [-0.39, 0.29) is 5.82 Å².